The van der Waals surface area contributed by atoms with E-state index in [2.05, 4.69) is 24.9 Å². The summed E-state index contributed by atoms with van der Waals surface area (Å²) in [7, 11) is 0. The van der Waals surface area contributed by atoms with Crippen molar-refractivity contribution in [2.24, 2.45) is 0 Å². The molecule has 23 heavy (non-hydrogen) atoms. The van der Waals surface area contributed by atoms with E-state index in [0.717, 1.165) is 10.1 Å². The minimum absolute atomic E-state index is 0.349. The van der Waals surface area contributed by atoms with Crippen LogP contribution in [0.4, 0.5) is 0 Å². The number of thioether (sulfide) groups is 1. The van der Waals surface area contributed by atoms with Crippen molar-refractivity contribution in [2.75, 3.05) is 5.94 Å². The van der Waals surface area contributed by atoms with Crippen molar-refractivity contribution < 1.29 is 14.6 Å². The molecule has 5 nitrogen and oxygen atoms in total. The second-order valence-corrected chi connectivity index (χ2v) is 8.65. The van der Waals surface area contributed by atoms with Gasteiger partial charge in [-0.15, -0.1) is 0 Å². The molecule has 0 amide bonds. The molecule has 0 atom stereocenters. The first-order valence-corrected chi connectivity index (χ1v) is 9.68. The van der Waals surface area contributed by atoms with Crippen LogP contribution in [0.3, 0.4) is 0 Å². The third kappa shape index (κ3) is 4.38. The molecule has 0 aliphatic heterocycles. The van der Waals surface area contributed by atoms with Crippen LogP contribution in [0.1, 0.15) is 34.3 Å². The monoisotopic (exact) mass is 396 g/mol. The maximum atomic E-state index is 11.1. The Morgan fingerprint density at radius 3 is 2.83 bits per heavy atom. The fourth-order valence-electron chi connectivity index (χ4n) is 1.83. The number of rotatable bonds is 6. The fraction of sp³-hybridized carbons (Fsp3) is 0.312. The molecule has 1 N–H and O–H groups in total. The van der Waals surface area contributed by atoms with Gasteiger partial charge in [-0.25, -0.2) is 0 Å². The molecule has 0 aliphatic carbocycles. The minimum atomic E-state index is -0.924. The predicted molar refractivity (Wildman–Crippen MR) is 91.2 cm³/mol. The van der Waals surface area contributed by atoms with Gasteiger partial charge in [0.05, 0.1) is 0 Å². The molecule has 1 aromatic carbocycles. The van der Waals surface area contributed by atoms with Crippen LogP contribution < -0.4 is 4.74 Å². The number of nitriles is 1. The molecule has 0 spiro atoms. The average Bonchev–Trinajstić information content (AvgIpc) is 2.89. The summed E-state index contributed by atoms with van der Waals surface area (Å²) >= 11 is 1.31. The zero-order valence-electron chi connectivity index (χ0n) is 13.0. The zero-order chi connectivity index (χ0) is 17.0. The number of aromatic nitrogens is 1. The van der Waals surface area contributed by atoms with Gasteiger partial charge in [-0.1, -0.05) is 0 Å². The molecule has 0 saturated carbocycles. The predicted octanol–water partition coefficient (Wildman–Crippen LogP) is 3.16. The summed E-state index contributed by atoms with van der Waals surface area (Å²) in [5.41, 5.74) is 1.76. The number of hydrogen-bond acceptors (Lipinski definition) is 5. The molecule has 1 heterocycles. The van der Waals surface area contributed by atoms with Gasteiger partial charge >= 0.3 is 145 Å². The van der Waals surface area contributed by atoms with E-state index in [9.17, 15) is 10.1 Å². The van der Waals surface area contributed by atoms with Crippen molar-refractivity contribution in [3.8, 4) is 22.0 Å². The van der Waals surface area contributed by atoms with E-state index >= 15 is 0 Å². The number of nitrogens with zero attached hydrogens (tertiary/aromatic N) is 2. The third-order valence-corrected chi connectivity index (χ3v) is 6.38. The van der Waals surface area contributed by atoms with Crippen molar-refractivity contribution >= 4 is 32.2 Å². The van der Waals surface area contributed by atoms with E-state index in [1.807, 2.05) is 6.07 Å². The van der Waals surface area contributed by atoms with E-state index in [-0.39, 0.29) is 14.5 Å². The Morgan fingerprint density at radius 2 is 2.26 bits per heavy atom. The Kier molecular flexibility index (Phi) is 5.89. The number of aromatic carboxylic acids is 1. The number of benzene rings is 1. The van der Waals surface area contributed by atoms with Crippen LogP contribution in [0.15, 0.2) is 18.2 Å². The summed E-state index contributed by atoms with van der Waals surface area (Å²) in [5.74, 6) is 0.103. The number of hydrogen-bond donors (Lipinski definition) is 1. The molecule has 0 bridgehead atoms. The first-order valence-electron chi connectivity index (χ1n) is 6.92. The van der Waals surface area contributed by atoms with Crippen molar-refractivity contribution in [1.82, 2.24) is 4.98 Å². The van der Waals surface area contributed by atoms with Crippen LogP contribution in [-0.2, 0) is 0 Å². The molecule has 7 heteroatoms. The van der Waals surface area contributed by atoms with Gasteiger partial charge in [0.15, 0.2) is 0 Å². The van der Waals surface area contributed by atoms with Crippen molar-refractivity contribution in [3.05, 3.63) is 33.9 Å². The van der Waals surface area contributed by atoms with Gasteiger partial charge < -0.3 is 0 Å². The Morgan fingerprint density at radius 1 is 1.52 bits per heavy atom. The fourth-order valence-corrected chi connectivity index (χ4v) is 4.19. The normalized spacial score (nSPS) is 10.6. The van der Waals surface area contributed by atoms with Crippen LogP contribution in [0.5, 0.6) is 5.75 Å². The number of carboxylic acid groups (broad SMARTS) is 1. The van der Waals surface area contributed by atoms with E-state index in [4.69, 9.17) is 9.84 Å². The second-order valence-electron chi connectivity index (χ2n) is 5.04. The Hall–Kier alpha value is -1.74. The van der Waals surface area contributed by atoms with Crippen LogP contribution in [0, 0.1) is 18.3 Å². The zero-order valence-corrected chi connectivity index (χ0v) is 15.5. The maximum absolute atomic E-state index is 11.1. The summed E-state index contributed by atoms with van der Waals surface area (Å²) in [4.78, 5) is 15.5. The van der Waals surface area contributed by atoms with Gasteiger partial charge in [-0.3, -0.25) is 0 Å². The van der Waals surface area contributed by atoms with Gasteiger partial charge in [0.1, 0.15) is 0 Å². The molecule has 1 aromatic heterocycles. The third-order valence-electron chi connectivity index (χ3n) is 2.95. The second kappa shape index (κ2) is 7.69. The molecule has 0 fully saturated rings. The Labute approximate surface area is 145 Å². The summed E-state index contributed by atoms with van der Waals surface area (Å²) in [6.45, 7) is 5.86. The van der Waals surface area contributed by atoms with Crippen molar-refractivity contribution in [2.45, 2.75) is 26.0 Å². The topological polar surface area (TPSA) is 83.2 Å². The van der Waals surface area contributed by atoms with Crippen LogP contribution in [0.25, 0.3) is 10.1 Å². The van der Waals surface area contributed by atoms with Crippen LogP contribution in [-0.4, -0.2) is 41.8 Å². The van der Waals surface area contributed by atoms with Crippen LogP contribution >= 0.6 is 11.8 Å². The molecular weight excluding hydrogens is 379 g/mol. The van der Waals surface area contributed by atoms with Gasteiger partial charge in [0, 0.05) is 0 Å². The van der Waals surface area contributed by atoms with Gasteiger partial charge in [-0.2, -0.15) is 0 Å². The molecular formula is C16H16N2O3SSe. The molecule has 2 rings (SSSR count). The molecule has 0 unspecified atom stereocenters. The molecule has 2 aromatic rings. The summed E-state index contributed by atoms with van der Waals surface area (Å²) in [6, 6.07) is 7.43. The summed E-state index contributed by atoms with van der Waals surface area (Å²) in [6.07, 6.45) is 0. The summed E-state index contributed by atoms with van der Waals surface area (Å²) < 4.78 is 6.73. The standard InChI is InChI=1S/C16H16N2O3SSe/c1-9(2)22-8-21-13-5-4-11(6-12(13)7-17)15-18-10(3)14(23-15)16(19)20/h4-6,9H,8H2,1-3H3,(H,19,20). The quantitative estimate of drug-likeness (QED) is 0.598. The average molecular weight is 395 g/mol. The first-order chi connectivity index (χ1) is 10.9. The number of carboxylic acids is 1. The molecule has 0 radical (unpaired) electrons. The van der Waals surface area contributed by atoms with E-state index in [1.54, 1.807) is 30.8 Å². The van der Waals surface area contributed by atoms with E-state index in [0.29, 0.717) is 32.6 Å². The number of carbonyl (C=O) groups is 1. The van der Waals surface area contributed by atoms with E-state index in [1.165, 1.54) is 0 Å². The van der Waals surface area contributed by atoms with Gasteiger partial charge in [0.25, 0.3) is 0 Å². The number of ether oxygens (including phenoxy) is 1. The van der Waals surface area contributed by atoms with E-state index < -0.39 is 5.97 Å². The van der Waals surface area contributed by atoms with Crippen molar-refractivity contribution in [1.29, 1.82) is 5.26 Å². The van der Waals surface area contributed by atoms with Crippen LogP contribution in [0.2, 0.25) is 0 Å². The first kappa shape index (κ1) is 17.6. The molecule has 0 saturated heterocycles. The Balaban J connectivity index is 2.27. The van der Waals surface area contributed by atoms with Gasteiger partial charge in [0.2, 0.25) is 0 Å². The molecule has 0 aliphatic rings. The van der Waals surface area contributed by atoms with Crippen molar-refractivity contribution in [3.63, 3.8) is 0 Å². The van der Waals surface area contributed by atoms with Gasteiger partial charge in [-0.05, 0) is 0 Å². The number of aryl methyl sites for hydroxylation is 1. The summed E-state index contributed by atoms with van der Waals surface area (Å²) in [5, 5.41) is 18.9. The Bertz CT molecular complexity index is 765. The molecule has 120 valence electrons. The SMILES string of the molecule is Cc1nc(-c2ccc(OCSC(C)C)c(C#N)c2)[se]c1C(=O)O.